The van der Waals surface area contributed by atoms with Gasteiger partial charge in [-0.3, -0.25) is 9.78 Å². The predicted octanol–water partition coefficient (Wildman–Crippen LogP) is 2.57. The summed E-state index contributed by atoms with van der Waals surface area (Å²) in [4.78, 5) is 20.1. The highest BCUT2D eigenvalue weighted by molar-refractivity contribution is 5.98. The van der Waals surface area contributed by atoms with Crippen molar-refractivity contribution in [2.24, 2.45) is 0 Å². The lowest BCUT2D eigenvalue weighted by atomic mass is 10.1. The van der Waals surface area contributed by atoms with Crippen LogP contribution in [0.3, 0.4) is 0 Å². The summed E-state index contributed by atoms with van der Waals surface area (Å²) in [5.74, 6) is 1.05. The van der Waals surface area contributed by atoms with E-state index in [0.717, 1.165) is 22.4 Å². The zero-order valence-electron chi connectivity index (χ0n) is 13.9. The molecule has 0 saturated heterocycles. The van der Waals surface area contributed by atoms with Crippen molar-refractivity contribution in [3.63, 3.8) is 0 Å². The molecule has 1 aliphatic heterocycles. The first kappa shape index (κ1) is 15.3. The molecule has 0 radical (unpaired) electrons. The van der Waals surface area contributed by atoms with Gasteiger partial charge < -0.3 is 14.6 Å². The SMILES string of the molecule is Cc1ccc(-c2noc(C)c2COc2cc3c(cn2)C(=O)NC3)cn1. The van der Waals surface area contributed by atoms with Gasteiger partial charge in [0.15, 0.2) is 0 Å². The van der Waals surface area contributed by atoms with Crippen molar-refractivity contribution in [3.8, 4) is 17.1 Å². The van der Waals surface area contributed by atoms with Gasteiger partial charge in [-0.1, -0.05) is 5.16 Å². The largest absolute Gasteiger partial charge is 0.473 e. The van der Waals surface area contributed by atoms with Crippen molar-refractivity contribution in [3.05, 3.63) is 58.7 Å². The predicted molar refractivity (Wildman–Crippen MR) is 88.9 cm³/mol. The number of pyridine rings is 2. The minimum absolute atomic E-state index is 0.0990. The summed E-state index contributed by atoms with van der Waals surface area (Å²) in [5, 5.41) is 6.89. The van der Waals surface area contributed by atoms with E-state index in [1.807, 2.05) is 26.0 Å². The molecule has 1 N–H and O–H groups in total. The molecule has 0 atom stereocenters. The molecule has 0 aromatic carbocycles. The van der Waals surface area contributed by atoms with Crippen LogP contribution in [0.4, 0.5) is 0 Å². The molecule has 0 fully saturated rings. The number of fused-ring (bicyclic) bond motifs is 1. The molecule has 0 bridgehead atoms. The first-order valence-electron chi connectivity index (χ1n) is 7.90. The molecule has 25 heavy (non-hydrogen) atoms. The first-order chi connectivity index (χ1) is 12.1. The number of nitrogens with zero attached hydrogens (tertiary/aromatic N) is 3. The van der Waals surface area contributed by atoms with Crippen LogP contribution in [0.15, 0.2) is 35.1 Å². The van der Waals surface area contributed by atoms with Crippen molar-refractivity contribution in [1.29, 1.82) is 0 Å². The Morgan fingerprint density at radius 3 is 2.92 bits per heavy atom. The van der Waals surface area contributed by atoms with Crippen molar-refractivity contribution in [2.75, 3.05) is 0 Å². The molecule has 7 heteroatoms. The van der Waals surface area contributed by atoms with Crippen LogP contribution in [0.1, 0.15) is 32.9 Å². The topological polar surface area (TPSA) is 90.1 Å². The number of carbonyl (C=O) groups excluding carboxylic acids is 1. The number of carbonyl (C=O) groups is 1. The molecule has 7 nitrogen and oxygen atoms in total. The number of rotatable bonds is 4. The molecule has 4 rings (SSSR count). The number of ether oxygens (including phenoxy) is 1. The Labute approximate surface area is 144 Å². The Kier molecular flexibility index (Phi) is 3.68. The normalized spacial score (nSPS) is 12.8. The van der Waals surface area contributed by atoms with Crippen LogP contribution in [0.5, 0.6) is 5.88 Å². The summed E-state index contributed by atoms with van der Waals surface area (Å²) in [6, 6.07) is 5.66. The Morgan fingerprint density at radius 1 is 1.24 bits per heavy atom. The van der Waals surface area contributed by atoms with Gasteiger partial charge in [-0.2, -0.15) is 0 Å². The number of aromatic nitrogens is 3. The number of aryl methyl sites for hydroxylation is 2. The third-order valence-electron chi connectivity index (χ3n) is 4.18. The zero-order valence-corrected chi connectivity index (χ0v) is 13.9. The average Bonchev–Trinajstić information content (AvgIpc) is 3.17. The monoisotopic (exact) mass is 336 g/mol. The quantitative estimate of drug-likeness (QED) is 0.787. The molecule has 3 aromatic rings. The summed E-state index contributed by atoms with van der Waals surface area (Å²) in [7, 11) is 0. The van der Waals surface area contributed by atoms with Gasteiger partial charge >= 0.3 is 0 Å². The van der Waals surface area contributed by atoms with Gasteiger partial charge in [-0.15, -0.1) is 0 Å². The Bertz CT molecular complexity index is 947. The maximum Gasteiger partial charge on any atom is 0.253 e. The van der Waals surface area contributed by atoms with Gasteiger partial charge in [0, 0.05) is 36.3 Å². The maximum atomic E-state index is 11.6. The minimum Gasteiger partial charge on any atom is -0.473 e. The minimum atomic E-state index is -0.0990. The molecule has 4 heterocycles. The van der Waals surface area contributed by atoms with Crippen LogP contribution in [0.2, 0.25) is 0 Å². The second kappa shape index (κ2) is 6.01. The average molecular weight is 336 g/mol. The van der Waals surface area contributed by atoms with E-state index in [0.29, 0.717) is 29.4 Å². The molecule has 0 aliphatic carbocycles. The molecule has 3 aromatic heterocycles. The fourth-order valence-corrected chi connectivity index (χ4v) is 2.72. The molecule has 1 amide bonds. The van der Waals surface area contributed by atoms with Gasteiger partial charge in [0.05, 0.1) is 11.1 Å². The van der Waals surface area contributed by atoms with Crippen LogP contribution < -0.4 is 10.1 Å². The highest BCUT2D eigenvalue weighted by Crippen LogP contribution is 2.26. The van der Waals surface area contributed by atoms with Crippen molar-refractivity contribution in [1.82, 2.24) is 20.4 Å². The van der Waals surface area contributed by atoms with Crippen molar-refractivity contribution >= 4 is 5.91 Å². The van der Waals surface area contributed by atoms with Crippen LogP contribution >= 0.6 is 0 Å². The second-order valence-corrected chi connectivity index (χ2v) is 5.91. The molecule has 1 aliphatic rings. The number of hydrogen-bond donors (Lipinski definition) is 1. The zero-order chi connectivity index (χ0) is 17.4. The van der Waals surface area contributed by atoms with E-state index in [-0.39, 0.29) is 12.5 Å². The van der Waals surface area contributed by atoms with Gasteiger partial charge in [0.2, 0.25) is 5.88 Å². The van der Waals surface area contributed by atoms with Gasteiger partial charge in [-0.05, 0) is 31.5 Å². The molecule has 126 valence electrons. The third-order valence-corrected chi connectivity index (χ3v) is 4.18. The van der Waals surface area contributed by atoms with Crippen LogP contribution in [-0.2, 0) is 13.2 Å². The Hall–Kier alpha value is -3.22. The van der Waals surface area contributed by atoms with E-state index in [2.05, 4.69) is 20.4 Å². The van der Waals surface area contributed by atoms with Crippen molar-refractivity contribution in [2.45, 2.75) is 27.0 Å². The summed E-state index contributed by atoms with van der Waals surface area (Å²) in [6.07, 6.45) is 3.30. The molecular weight excluding hydrogens is 320 g/mol. The van der Waals surface area contributed by atoms with E-state index in [9.17, 15) is 4.79 Å². The fourth-order valence-electron chi connectivity index (χ4n) is 2.72. The summed E-state index contributed by atoms with van der Waals surface area (Å²) in [6.45, 7) is 4.54. The molecular formula is C18H16N4O3. The molecule has 0 unspecified atom stereocenters. The lowest BCUT2D eigenvalue weighted by molar-refractivity contribution is 0.0965. The Morgan fingerprint density at radius 2 is 2.12 bits per heavy atom. The smallest absolute Gasteiger partial charge is 0.253 e. The van der Waals surface area contributed by atoms with Gasteiger partial charge in [0.1, 0.15) is 18.1 Å². The standard InChI is InChI=1S/C18H16N4O3/c1-10-3-4-12(6-19-10)17-15(11(2)25-22-17)9-24-16-5-13-7-21-18(23)14(13)8-20-16/h3-6,8H,7,9H2,1-2H3,(H,21,23). The van der Waals surface area contributed by atoms with Gasteiger partial charge in [-0.25, -0.2) is 4.98 Å². The molecule has 0 spiro atoms. The fraction of sp³-hybridized carbons (Fsp3) is 0.222. The van der Waals surface area contributed by atoms with Crippen molar-refractivity contribution < 1.29 is 14.1 Å². The third kappa shape index (κ3) is 2.84. The van der Waals surface area contributed by atoms with E-state index in [1.165, 1.54) is 6.20 Å². The summed E-state index contributed by atoms with van der Waals surface area (Å²) >= 11 is 0. The first-order valence-corrected chi connectivity index (χ1v) is 7.90. The lowest BCUT2D eigenvalue weighted by Gasteiger charge is -2.07. The maximum absolute atomic E-state index is 11.6. The Balaban J connectivity index is 1.57. The van der Waals surface area contributed by atoms with Crippen LogP contribution in [0.25, 0.3) is 11.3 Å². The van der Waals surface area contributed by atoms with E-state index < -0.39 is 0 Å². The van der Waals surface area contributed by atoms with Crippen LogP contribution in [0, 0.1) is 13.8 Å². The summed E-state index contributed by atoms with van der Waals surface area (Å²) < 4.78 is 11.1. The number of amides is 1. The number of hydrogen-bond acceptors (Lipinski definition) is 6. The number of nitrogens with one attached hydrogen (secondary N) is 1. The van der Waals surface area contributed by atoms with E-state index >= 15 is 0 Å². The second-order valence-electron chi connectivity index (χ2n) is 5.91. The highest BCUT2D eigenvalue weighted by Gasteiger charge is 2.20. The lowest BCUT2D eigenvalue weighted by Crippen LogP contribution is -2.12. The van der Waals surface area contributed by atoms with E-state index in [4.69, 9.17) is 9.26 Å². The summed E-state index contributed by atoms with van der Waals surface area (Å²) in [5.41, 5.74) is 4.86. The van der Waals surface area contributed by atoms with Gasteiger partial charge in [0.25, 0.3) is 5.91 Å². The van der Waals surface area contributed by atoms with E-state index in [1.54, 1.807) is 12.3 Å². The molecule has 0 saturated carbocycles. The highest BCUT2D eigenvalue weighted by atomic mass is 16.5. The van der Waals surface area contributed by atoms with Crippen LogP contribution in [-0.4, -0.2) is 21.0 Å².